The van der Waals surface area contributed by atoms with E-state index in [1.165, 1.54) is 6.92 Å². The number of carbonyl (C=O) groups excluding carboxylic acids is 3. The molecule has 0 unspecified atom stereocenters. The maximum Gasteiger partial charge on any atom is 0.344 e. The second-order valence-electron chi connectivity index (χ2n) is 4.90. The predicted octanol–water partition coefficient (Wildman–Crippen LogP) is 2.83. The van der Waals surface area contributed by atoms with Crippen LogP contribution in [-0.2, 0) is 9.47 Å². The predicted molar refractivity (Wildman–Crippen MR) is 80.4 cm³/mol. The first-order valence-corrected chi connectivity index (χ1v) is 6.97. The van der Waals surface area contributed by atoms with Gasteiger partial charge in [0.15, 0.2) is 17.5 Å². The standard InChI is InChI=1S/C16H12F3NO6/c1-6-9(15(22)24-2)10(16(23)25-3)14(26-6)20-13(21)7-4-5-8(17)12(19)11(7)18/h4-5H,1-3H3,(H,20,21). The lowest BCUT2D eigenvalue weighted by atomic mass is 10.1. The minimum atomic E-state index is -1.84. The number of hydrogen-bond donors (Lipinski definition) is 1. The van der Waals surface area contributed by atoms with Crippen LogP contribution in [-0.4, -0.2) is 32.1 Å². The third-order valence-electron chi connectivity index (χ3n) is 3.37. The van der Waals surface area contributed by atoms with E-state index >= 15 is 0 Å². The summed E-state index contributed by atoms with van der Waals surface area (Å²) < 4.78 is 54.2. The molecule has 0 bridgehead atoms. The van der Waals surface area contributed by atoms with Crippen molar-refractivity contribution < 1.29 is 41.4 Å². The van der Waals surface area contributed by atoms with Gasteiger partial charge in [-0.1, -0.05) is 0 Å². The molecule has 1 aromatic heterocycles. The third kappa shape index (κ3) is 3.25. The van der Waals surface area contributed by atoms with Gasteiger partial charge in [-0.25, -0.2) is 22.8 Å². The number of esters is 2. The van der Waals surface area contributed by atoms with Gasteiger partial charge >= 0.3 is 11.9 Å². The summed E-state index contributed by atoms with van der Waals surface area (Å²) in [6.45, 7) is 1.31. The first-order chi connectivity index (χ1) is 12.2. The molecule has 1 N–H and O–H groups in total. The monoisotopic (exact) mass is 371 g/mol. The highest BCUT2D eigenvalue weighted by atomic mass is 19.2. The van der Waals surface area contributed by atoms with Gasteiger partial charge in [0.1, 0.15) is 16.9 Å². The van der Waals surface area contributed by atoms with Crippen LogP contribution in [0.25, 0.3) is 0 Å². The molecule has 1 amide bonds. The Morgan fingerprint density at radius 1 is 0.962 bits per heavy atom. The van der Waals surface area contributed by atoms with Crippen molar-refractivity contribution in [3.63, 3.8) is 0 Å². The van der Waals surface area contributed by atoms with E-state index in [4.69, 9.17) is 4.42 Å². The lowest BCUT2D eigenvalue weighted by molar-refractivity contribution is 0.0556. The van der Waals surface area contributed by atoms with Crippen LogP contribution in [0.4, 0.5) is 19.1 Å². The van der Waals surface area contributed by atoms with E-state index in [0.717, 1.165) is 14.2 Å². The summed E-state index contributed by atoms with van der Waals surface area (Å²) in [5, 5.41) is 2.03. The number of ether oxygens (including phenoxy) is 2. The summed E-state index contributed by atoms with van der Waals surface area (Å²) in [7, 11) is 2.08. The molecule has 7 nitrogen and oxygen atoms in total. The van der Waals surface area contributed by atoms with Crippen LogP contribution in [0.3, 0.4) is 0 Å². The minimum Gasteiger partial charge on any atom is -0.465 e. The molecule has 138 valence electrons. The Hall–Kier alpha value is -3.30. The second kappa shape index (κ2) is 7.30. The highest BCUT2D eigenvalue weighted by Gasteiger charge is 2.31. The Balaban J connectivity index is 2.50. The van der Waals surface area contributed by atoms with E-state index in [2.05, 4.69) is 9.47 Å². The van der Waals surface area contributed by atoms with E-state index in [0.29, 0.717) is 12.1 Å². The average molecular weight is 371 g/mol. The molecule has 0 atom stereocenters. The number of carbonyl (C=O) groups is 3. The van der Waals surface area contributed by atoms with E-state index in [9.17, 15) is 27.6 Å². The molecule has 1 aromatic carbocycles. The van der Waals surface area contributed by atoms with Gasteiger partial charge in [-0.3, -0.25) is 10.1 Å². The molecule has 0 saturated carbocycles. The molecule has 0 aliphatic rings. The van der Waals surface area contributed by atoms with E-state index in [1.54, 1.807) is 0 Å². The third-order valence-corrected chi connectivity index (χ3v) is 3.37. The number of methoxy groups -OCH3 is 2. The fourth-order valence-electron chi connectivity index (χ4n) is 2.15. The fraction of sp³-hybridized carbons (Fsp3) is 0.188. The van der Waals surface area contributed by atoms with E-state index in [-0.39, 0.29) is 11.3 Å². The maximum atomic E-state index is 13.7. The van der Waals surface area contributed by atoms with Crippen LogP contribution in [0.2, 0.25) is 0 Å². The lowest BCUT2D eigenvalue weighted by Crippen LogP contribution is -2.18. The van der Waals surface area contributed by atoms with Crippen molar-refractivity contribution in [1.29, 1.82) is 0 Å². The molecule has 2 aromatic rings. The zero-order chi connectivity index (χ0) is 19.6. The largest absolute Gasteiger partial charge is 0.465 e. The number of rotatable bonds is 4. The van der Waals surface area contributed by atoms with Crippen LogP contribution >= 0.6 is 0 Å². The summed E-state index contributed by atoms with van der Waals surface area (Å²) in [6, 6.07) is 1.26. The molecule has 0 aliphatic carbocycles. The summed E-state index contributed by atoms with van der Waals surface area (Å²) in [4.78, 5) is 35.9. The summed E-state index contributed by atoms with van der Waals surface area (Å²) in [5.74, 6) is -8.88. The Morgan fingerprint density at radius 3 is 2.12 bits per heavy atom. The van der Waals surface area contributed by atoms with Crippen molar-refractivity contribution >= 4 is 23.7 Å². The minimum absolute atomic E-state index is 0.0849. The number of amides is 1. The Bertz CT molecular complexity index is 906. The van der Waals surface area contributed by atoms with Crippen molar-refractivity contribution in [2.24, 2.45) is 0 Å². The topological polar surface area (TPSA) is 94.8 Å². The number of halogens is 3. The van der Waals surface area contributed by atoms with Gasteiger partial charge in [-0.15, -0.1) is 0 Å². The van der Waals surface area contributed by atoms with Crippen LogP contribution in [0, 0.1) is 24.4 Å². The van der Waals surface area contributed by atoms with Gasteiger partial charge in [0.25, 0.3) is 5.91 Å². The lowest BCUT2D eigenvalue weighted by Gasteiger charge is -2.07. The molecule has 0 aliphatic heterocycles. The van der Waals surface area contributed by atoms with E-state index < -0.39 is 52.3 Å². The van der Waals surface area contributed by atoms with Crippen LogP contribution in [0.15, 0.2) is 16.5 Å². The van der Waals surface area contributed by atoms with Crippen molar-refractivity contribution in [2.45, 2.75) is 6.92 Å². The number of benzene rings is 1. The quantitative estimate of drug-likeness (QED) is 0.656. The smallest absolute Gasteiger partial charge is 0.344 e. The SMILES string of the molecule is COC(=O)c1c(C)oc(NC(=O)c2ccc(F)c(F)c2F)c1C(=O)OC. The van der Waals surface area contributed by atoms with Crippen molar-refractivity contribution in [3.8, 4) is 0 Å². The first kappa shape index (κ1) is 19.0. The molecule has 1 heterocycles. The number of nitrogens with one attached hydrogen (secondary N) is 1. The normalized spacial score (nSPS) is 10.4. The van der Waals surface area contributed by atoms with Gasteiger partial charge in [-0.2, -0.15) is 0 Å². The highest BCUT2D eigenvalue weighted by molar-refractivity contribution is 6.11. The van der Waals surface area contributed by atoms with Gasteiger partial charge in [-0.05, 0) is 19.1 Å². The van der Waals surface area contributed by atoms with Gasteiger partial charge in [0.05, 0.1) is 19.8 Å². The maximum absolute atomic E-state index is 13.7. The first-order valence-electron chi connectivity index (χ1n) is 6.97. The van der Waals surface area contributed by atoms with Gasteiger partial charge in [0, 0.05) is 0 Å². The number of aryl methyl sites for hydroxylation is 1. The molecule has 0 fully saturated rings. The van der Waals surface area contributed by atoms with Gasteiger partial charge in [0.2, 0.25) is 5.88 Å². The molecule has 10 heteroatoms. The molecule has 26 heavy (non-hydrogen) atoms. The molecule has 0 spiro atoms. The van der Waals surface area contributed by atoms with Crippen molar-refractivity contribution in [1.82, 2.24) is 0 Å². The molecule has 0 saturated heterocycles. The molecular formula is C16H12F3NO6. The summed E-state index contributed by atoms with van der Waals surface area (Å²) >= 11 is 0. The second-order valence-corrected chi connectivity index (χ2v) is 4.90. The fourth-order valence-corrected chi connectivity index (χ4v) is 2.15. The zero-order valence-electron chi connectivity index (χ0n) is 13.7. The highest BCUT2D eigenvalue weighted by Crippen LogP contribution is 2.29. The Kier molecular flexibility index (Phi) is 5.34. The summed E-state index contributed by atoms with van der Waals surface area (Å²) in [6.07, 6.45) is 0. The number of furan rings is 1. The van der Waals surface area contributed by atoms with Crippen LogP contribution < -0.4 is 5.32 Å². The van der Waals surface area contributed by atoms with Crippen molar-refractivity contribution in [3.05, 3.63) is 52.0 Å². The summed E-state index contributed by atoms with van der Waals surface area (Å²) in [5.41, 5.74) is -1.61. The zero-order valence-corrected chi connectivity index (χ0v) is 13.7. The Labute approximate surface area is 144 Å². The van der Waals surface area contributed by atoms with Gasteiger partial charge < -0.3 is 13.9 Å². The molecular weight excluding hydrogens is 359 g/mol. The average Bonchev–Trinajstić information content (AvgIpc) is 2.94. The molecule has 2 rings (SSSR count). The van der Waals surface area contributed by atoms with Crippen LogP contribution in [0.1, 0.15) is 36.8 Å². The van der Waals surface area contributed by atoms with Crippen LogP contribution in [0.5, 0.6) is 0 Å². The number of anilines is 1. The molecule has 0 radical (unpaired) electrons. The van der Waals surface area contributed by atoms with E-state index in [1.807, 2.05) is 5.32 Å². The van der Waals surface area contributed by atoms with Crippen molar-refractivity contribution in [2.75, 3.05) is 19.5 Å². The number of hydrogen-bond acceptors (Lipinski definition) is 6. The Morgan fingerprint density at radius 2 is 1.54 bits per heavy atom.